The van der Waals surface area contributed by atoms with Crippen molar-refractivity contribution in [2.24, 2.45) is 5.92 Å². The number of hydrogen-bond donors (Lipinski definition) is 4. The summed E-state index contributed by atoms with van der Waals surface area (Å²) >= 11 is 0. The van der Waals surface area contributed by atoms with Crippen LogP contribution in [0.25, 0.3) is 67.1 Å². The molecule has 30 nitrogen and oxygen atoms in total. The largest absolute Gasteiger partial charge is 0.493 e. The lowest BCUT2D eigenvalue weighted by Crippen LogP contribution is -2.26. The number of ether oxygens (including phenoxy) is 6. The van der Waals surface area contributed by atoms with Crippen LogP contribution in [-0.4, -0.2) is 161 Å². The number of sulfone groups is 4. The topological polar surface area (TPSA) is 393 Å². The first-order valence-corrected chi connectivity index (χ1v) is 45.7. The van der Waals surface area contributed by atoms with Gasteiger partial charge in [-0.25, -0.2) is 62.8 Å². The Kier molecular flexibility index (Phi) is 25.3. The van der Waals surface area contributed by atoms with Gasteiger partial charge in [0, 0.05) is 78.0 Å². The van der Waals surface area contributed by atoms with Crippen LogP contribution in [0.2, 0.25) is 0 Å². The lowest BCUT2D eigenvalue weighted by Gasteiger charge is -2.25. The fourth-order valence-electron chi connectivity index (χ4n) is 14.2. The number of aromatic nitrogens is 12. The summed E-state index contributed by atoms with van der Waals surface area (Å²) in [6.07, 6.45) is 14.0. The number of H-pyrrole nitrogens is 4. The van der Waals surface area contributed by atoms with Crippen molar-refractivity contribution in [1.29, 1.82) is 0 Å². The zero-order valence-corrected chi connectivity index (χ0v) is 69.1. The standard InChI is InChI=1S/C22H19F2N3O4S.C21H25N3O5S.C20H23N3O5S.C19H21N3O4S/c1-3-32(29,30)11-14-4-6-19(31-20-7-5-15(23)10-17(20)24)16(9-14)18-8-13(2)21-22(28)26-25-12-27(18)21;1-3-30(26,27)12-15-4-5-19(29-16-6-8-28-9-7-16)17(11-15)18-10-14(2)20-21(25)23-22-13-24(18)20;1-13-9-17(23-12-21-22-20(24)19(13)23)16-10-14(11-29(2,25)26)3-4-18(16)28-15-5-7-27-8-6-15;1-12-7-16(22-11-20-21-19(23)18(12)22)15-8-14(10-27(2,24)25)5-6-17(15)26-9-13-3-4-13/h4-10,12H,3,11H2,1-2H3,(H,26,28);4-5,10-11,13,16H,3,6-9,12H2,1-2H3,(H,23,25);3-4,9-10,12,15H,5-8,11H2,1-2H3,(H,22,24);5-8,11,13H,3-4,9-10H2,1-2H3,(H,21,23). The van der Waals surface area contributed by atoms with E-state index in [0.29, 0.717) is 123 Å². The molecule has 3 fully saturated rings. The van der Waals surface area contributed by atoms with E-state index in [1.807, 2.05) is 69.3 Å². The molecule has 16 rings (SSSR count). The van der Waals surface area contributed by atoms with Crippen LogP contribution in [0, 0.1) is 45.2 Å². The molecule has 0 amide bonds. The molecule has 5 aromatic carbocycles. The van der Waals surface area contributed by atoms with Crippen LogP contribution in [0.15, 0.2) is 160 Å². The van der Waals surface area contributed by atoms with Gasteiger partial charge in [-0.2, -0.15) is 20.4 Å². The van der Waals surface area contributed by atoms with E-state index < -0.39 is 56.5 Å². The Morgan fingerprint density at radius 3 is 1.05 bits per heavy atom. The molecule has 0 atom stereocenters. The first-order chi connectivity index (χ1) is 56.2. The van der Waals surface area contributed by atoms with Gasteiger partial charge in [-0.05, 0) is 176 Å². The van der Waals surface area contributed by atoms with Gasteiger partial charge in [0.05, 0.1) is 78.8 Å². The van der Waals surface area contributed by atoms with Gasteiger partial charge in [-0.3, -0.25) is 36.8 Å². The Morgan fingerprint density at radius 2 is 0.720 bits per heavy atom. The van der Waals surface area contributed by atoms with Crippen molar-refractivity contribution < 1.29 is 70.9 Å². The fourth-order valence-corrected chi connectivity index (χ4v) is 17.5. The van der Waals surface area contributed by atoms with Crippen LogP contribution in [-0.2, 0) is 71.8 Å². The molecule has 0 bridgehead atoms. The van der Waals surface area contributed by atoms with Crippen LogP contribution in [0.4, 0.5) is 8.78 Å². The summed E-state index contributed by atoms with van der Waals surface area (Å²) in [4.78, 5) is 48.9. The van der Waals surface area contributed by atoms with Crippen molar-refractivity contribution >= 4 is 61.4 Å². The number of rotatable bonds is 23. The summed E-state index contributed by atoms with van der Waals surface area (Å²) < 4.78 is 165. The Labute approximate surface area is 676 Å². The van der Waals surface area contributed by atoms with Gasteiger partial charge in [0.2, 0.25) is 0 Å². The summed E-state index contributed by atoms with van der Waals surface area (Å²) in [5.74, 6) is 0.638. The molecular formula is C82H88F2N12O18S4. The molecule has 0 radical (unpaired) electrons. The highest BCUT2D eigenvalue weighted by molar-refractivity contribution is 7.91. The third-order valence-electron chi connectivity index (χ3n) is 20.1. The van der Waals surface area contributed by atoms with Crippen LogP contribution in [0.1, 0.15) is 96.9 Å². The second-order valence-electron chi connectivity index (χ2n) is 29.6. The molecule has 4 N–H and O–H groups in total. The quantitative estimate of drug-likeness (QED) is 0.0462. The summed E-state index contributed by atoms with van der Waals surface area (Å²) in [7, 11) is -12.9. The number of hydrogen-bond acceptors (Lipinski definition) is 22. The normalized spacial score (nSPS) is 14.3. The highest BCUT2D eigenvalue weighted by atomic mass is 32.2. The third-order valence-corrected chi connectivity index (χ3v) is 25.1. The maximum absolute atomic E-state index is 14.2. The van der Waals surface area contributed by atoms with Crippen LogP contribution in [0.5, 0.6) is 28.7 Å². The minimum atomic E-state index is -3.32. The van der Waals surface area contributed by atoms with Crippen molar-refractivity contribution in [3.05, 3.63) is 238 Å². The zero-order valence-electron chi connectivity index (χ0n) is 65.8. The zero-order chi connectivity index (χ0) is 84.1. The predicted octanol–water partition coefficient (Wildman–Crippen LogP) is 10.9. The highest BCUT2D eigenvalue weighted by Crippen LogP contribution is 2.41. The minimum absolute atomic E-state index is 0.0200. The number of fused-ring (bicyclic) bond motifs is 4. The van der Waals surface area contributed by atoms with E-state index in [1.54, 1.807) is 99.8 Å². The lowest BCUT2D eigenvalue weighted by molar-refractivity contribution is 0.0255. The summed E-state index contributed by atoms with van der Waals surface area (Å²) in [5, 5.41) is 25.3. The maximum atomic E-state index is 14.2. The van der Waals surface area contributed by atoms with E-state index >= 15 is 0 Å². The second kappa shape index (κ2) is 35.4. The first-order valence-electron chi connectivity index (χ1n) is 37.9. The van der Waals surface area contributed by atoms with E-state index in [9.17, 15) is 61.6 Å². The van der Waals surface area contributed by atoms with Crippen molar-refractivity contribution in [1.82, 2.24) is 58.4 Å². The molecule has 2 aliphatic heterocycles. The average molecular weight is 1700 g/mol. The monoisotopic (exact) mass is 1690 g/mol. The van der Waals surface area contributed by atoms with Gasteiger partial charge in [0.15, 0.2) is 50.9 Å². The fraction of sp³-hybridized carbons (Fsp3) is 0.341. The molecule has 13 aromatic rings. The molecule has 10 heterocycles. The number of benzene rings is 5. The molecule has 36 heteroatoms. The van der Waals surface area contributed by atoms with E-state index in [-0.39, 0.29) is 74.9 Å². The minimum Gasteiger partial charge on any atom is -0.493 e. The van der Waals surface area contributed by atoms with E-state index in [0.717, 1.165) is 88.3 Å². The number of nitrogens with zero attached hydrogens (tertiary/aromatic N) is 8. The lowest BCUT2D eigenvalue weighted by atomic mass is 10.1. The van der Waals surface area contributed by atoms with Gasteiger partial charge in [0.1, 0.15) is 88.4 Å². The molecule has 3 aliphatic rings. The summed E-state index contributed by atoms with van der Waals surface area (Å²) in [6, 6.07) is 31.3. The van der Waals surface area contributed by atoms with Crippen molar-refractivity contribution in [3.8, 4) is 73.8 Å². The molecule has 0 spiro atoms. The smallest absolute Gasteiger partial charge is 0.288 e. The highest BCUT2D eigenvalue weighted by Gasteiger charge is 2.28. The van der Waals surface area contributed by atoms with Gasteiger partial charge in [-0.15, -0.1) is 0 Å². The second-order valence-corrected chi connectivity index (χ2v) is 38.6. The van der Waals surface area contributed by atoms with Crippen molar-refractivity contribution in [2.75, 3.05) is 57.1 Å². The number of halogens is 2. The van der Waals surface area contributed by atoms with E-state index in [4.69, 9.17) is 28.4 Å². The molecule has 1 aliphatic carbocycles. The van der Waals surface area contributed by atoms with E-state index in [1.165, 1.54) is 37.7 Å². The summed E-state index contributed by atoms with van der Waals surface area (Å²) in [6.45, 7) is 13.8. The molecule has 622 valence electrons. The van der Waals surface area contributed by atoms with Crippen molar-refractivity contribution in [3.63, 3.8) is 0 Å². The van der Waals surface area contributed by atoms with Crippen LogP contribution < -0.4 is 41.2 Å². The van der Waals surface area contributed by atoms with Gasteiger partial charge in [-0.1, -0.05) is 38.1 Å². The number of aromatic amines is 4. The first kappa shape index (κ1) is 84.5. The number of nitrogens with one attached hydrogen (secondary N) is 4. The van der Waals surface area contributed by atoms with Crippen LogP contribution in [0.3, 0.4) is 0 Å². The molecule has 118 heavy (non-hydrogen) atoms. The molecular weight excluding hydrogens is 1610 g/mol. The molecule has 8 aromatic heterocycles. The predicted molar refractivity (Wildman–Crippen MR) is 441 cm³/mol. The number of aryl methyl sites for hydroxylation is 4. The molecule has 2 saturated heterocycles. The van der Waals surface area contributed by atoms with Crippen LogP contribution >= 0.6 is 0 Å². The van der Waals surface area contributed by atoms with E-state index in [2.05, 4.69) is 40.8 Å². The Balaban J connectivity index is 0.000000137. The van der Waals surface area contributed by atoms with Crippen molar-refractivity contribution in [2.45, 2.75) is 115 Å². The molecule has 1 saturated carbocycles. The van der Waals surface area contributed by atoms with Gasteiger partial charge >= 0.3 is 0 Å². The SMILES string of the molecule is CCS(=O)(=O)Cc1ccc(OC2CCOCC2)c(-c2cc(C)c3c(=O)[nH]ncn23)c1.CCS(=O)(=O)Cc1ccc(Oc2ccc(F)cc2F)c(-c2cc(C)c3c(=O)[nH]ncn23)c1.Cc1cc(-c2cc(CS(C)(=O)=O)ccc2OC2CCOCC2)n2cn[nH]c(=O)c12.Cc1cc(-c2cc(CS(C)(=O)=O)ccc2OCC2CC2)n2cn[nH]c(=O)c12. The third kappa shape index (κ3) is 20.2. The Bertz CT molecular complexity index is 6700. The van der Waals surface area contributed by atoms with Gasteiger partial charge in [0.25, 0.3) is 22.2 Å². The Hall–Kier alpha value is -11.4. The Morgan fingerprint density at radius 1 is 0.407 bits per heavy atom. The maximum Gasteiger partial charge on any atom is 0.288 e. The summed E-state index contributed by atoms with van der Waals surface area (Å²) in [5.41, 5.74) is 11.6. The van der Waals surface area contributed by atoms with Gasteiger partial charge < -0.3 is 28.4 Å². The molecule has 0 unspecified atom stereocenters. The average Bonchev–Trinajstić information content (AvgIpc) is 1.62.